The summed E-state index contributed by atoms with van der Waals surface area (Å²) in [5, 5.41) is 3.09. The van der Waals surface area contributed by atoms with Crippen molar-refractivity contribution in [3.8, 4) is 5.75 Å². The second-order valence-electron chi connectivity index (χ2n) is 5.28. The van der Waals surface area contributed by atoms with Crippen molar-refractivity contribution in [3.63, 3.8) is 0 Å². The minimum atomic E-state index is -4.41. The molecule has 2 rings (SSSR count). The smallest absolute Gasteiger partial charge is 0.422 e. The highest BCUT2D eigenvalue weighted by Gasteiger charge is 2.28. The highest BCUT2D eigenvalue weighted by Crippen LogP contribution is 2.19. The van der Waals surface area contributed by atoms with Gasteiger partial charge in [-0.3, -0.25) is 9.78 Å². The third-order valence-corrected chi connectivity index (χ3v) is 3.36. The van der Waals surface area contributed by atoms with Crippen LogP contribution in [0.4, 0.5) is 13.2 Å². The van der Waals surface area contributed by atoms with Crippen LogP contribution >= 0.6 is 11.6 Å². The molecule has 9 heteroatoms. The highest BCUT2D eigenvalue weighted by atomic mass is 35.5. The zero-order valence-electron chi connectivity index (χ0n) is 13.2. The Morgan fingerprint density at radius 3 is 2.56 bits per heavy atom. The van der Waals surface area contributed by atoms with E-state index < -0.39 is 18.8 Å². The van der Waals surface area contributed by atoms with Crippen LogP contribution in [0.2, 0.25) is 5.15 Å². The number of hydrogen-bond acceptors (Lipinski definition) is 4. The molecule has 1 N–H and O–H groups in total. The number of carbonyl (C=O) groups is 1. The molecule has 0 radical (unpaired) electrons. The number of nitrogens with zero attached hydrogens (tertiary/aromatic N) is 2. The molecule has 2 aromatic rings. The summed E-state index contributed by atoms with van der Waals surface area (Å²) >= 11 is 5.68. The summed E-state index contributed by atoms with van der Waals surface area (Å²) in [4.78, 5) is 19.9. The molecule has 0 saturated carbocycles. The third kappa shape index (κ3) is 6.58. The van der Waals surface area contributed by atoms with Crippen molar-refractivity contribution in [1.82, 2.24) is 15.3 Å². The molecule has 0 aliphatic carbocycles. The third-order valence-electron chi connectivity index (χ3n) is 3.14. The van der Waals surface area contributed by atoms with Gasteiger partial charge in [-0.15, -0.1) is 0 Å². The van der Waals surface area contributed by atoms with E-state index in [1.165, 1.54) is 24.5 Å². The molecule has 0 saturated heterocycles. The van der Waals surface area contributed by atoms with Gasteiger partial charge in [0.15, 0.2) is 6.61 Å². The lowest BCUT2D eigenvalue weighted by Gasteiger charge is -2.14. The van der Waals surface area contributed by atoms with Gasteiger partial charge in [0, 0.05) is 6.20 Å². The summed E-state index contributed by atoms with van der Waals surface area (Å²) in [6.07, 6.45) is -1.58. The lowest BCUT2D eigenvalue weighted by atomic mass is 10.1. The number of ether oxygens (including phenoxy) is 1. The molecule has 2 aromatic heterocycles. The largest absolute Gasteiger partial charge is 0.483 e. The van der Waals surface area contributed by atoms with Crippen LogP contribution in [-0.2, 0) is 11.2 Å². The fourth-order valence-electron chi connectivity index (χ4n) is 1.96. The van der Waals surface area contributed by atoms with Crippen molar-refractivity contribution < 1.29 is 22.7 Å². The van der Waals surface area contributed by atoms with E-state index in [4.69, 9.17) is 11.6 Å². The van der Waals surface area contributed by atoms with Crippen molar-refractivity contribution in [2.24, 2.45) is 0 Å². The molecule has 0 aromatic carbocycles. The number of halogens is 4. The van der Waals surface area contributed by atoms with Gasteiger partial charge in [-0.1, -0.05) is 17.7 Å². The number of hydrogen-bond donors (Lipinski definition) is 1. The fraction of sp³-hybridized carbons (Fsp3) is 0.312. The first-order valence-electron chi connectivity index (χ1n) is 7.28. The van der Waals surface area contributed by atoms with Crippen molar-refractivity contribution in [1.29, 1.82) is 0 Å². The molecule has 25 heavy (non-hydrogen) atoms. The summed E-state index contributed by atoms with van der Waals surface area (Å²) in [6.45, 7) is 0.339. The predicted octanol–water partition coefficient (Wildman–Crippen LogP) is 3.49. The molecule has 0 aliphatic rings. The predicted molar refractivity (Wildman–Crippen MR) is 85.3 cm³/mol. The number of carbonyl (C=O) groups excluding carboxylic acids is 1. The lowest BCUT2D eigenvalue weighted by Crippen LogP contribution is -2.28. The Hall–Kier alpha value is -2.35. The molecular formula is C16H15ClF3N3O2. The van der Waals surface area contributed by atoms with Gasteiger partial charge in [-0.05, 0) is 30.7 Å². The maximum absolute atomic E-state index is 12.1. The average Bonchev–Trinajstić information content (AvgIpc) is 2.55. The van der Waals surface area contributed by atoms with Crippen LogP contribution in [-0.4, -0.2) is 28.7 Å². The Morgan fingerprint density at radius 2 is 2.00 bits per heavy atom. The number of rotatable bonds is 6. The van der Waals surface area contributed by atoms with E-state index >= 15 is 0 Å². The molecular weight excluding hydrogens is 359 g/mol. The normalized spacial score (nSPS) is 12.5. The summed E-state index contributed by atoms with van der Waals surface area (Å²) < 4.78 is 40.8. The van der Waals surface area contributed by atoms with Gasteiger partial charge in [0.25, 0.3) is 0 Å². The standard InChI is InChI=1S/C16H15ClF3N3O2/c1-10(23-15(24)6-11-2-5-14(17)22-7-11)13-4-3-12(8-21-13)25-9-16(18,19)20/h2-5,7-8,10H,6,9H2,1H3,(H,23,24)/t10-/m1/s1. The summed E-state index contributed by atoms with van der Waals surface area (Å²) in [6, 6.07) is 5.75. The van der Waals surface area contributed by atoms with E-state index in [2.05, 4.69) is 20.0 Å². The van der Waals surface area contributed by atoms with Gasteiger partial charge in [-0.2, -0.15) is 13.2 Å². The SMILES string of the molecule is C[C@@H](NC(=O)Cc1ccc(Cl)nc1)c1ccc(OCC(F)(F)F)cn1. The van der Waals surface area contributed by atoms with Crippen molar-refractivity contribution >= 4 is 17.5 Å². The highest BCUT2D eigenvalue weighted by molar-refractivity contribution is 6.29. The van der Waals surface area contributed by atoms with E-state index in [0.717, 1.165) is 0 Å². The maximum Gasteiger partial charge on any atom is 0.422 e. The minimum Gasteiger partial charge on any atom is -0.483 e. The molecule has 1 amide bonds. The summed E-state index contributed by atoms with van der Waals surface area (Å²) in [7, 11) is 0. The van der Waals surface area contributed by atoms with Gasteiger partial charge >= 0.3 is 6.18 Å². The van der Waals surface area contributed by atoms with Crippen LogP contribution in [0.3, 0.4) is 0 Å². The summed E-state index contributed by atoms with van der Waals surface area (Å²) in [5.41, 5.74) is 1.21. The Balaban J connectivity index is 1.88. The molecule has 0 fully saturated rings. The monoisotopic (exact) mass is 373 g/mol. The first-order valence-corrected chi connectivity index (χ1v) is 7.66. The van der Waals surface area contributed by atoms with E-state index in [1.807, 2.05) is 0 Å². The lowest BCUT2D eigenvalue weighted by molar-refractivity contribution is -0.153. The molecule has 134 valence electrons. The maximum atomic E-state index is 12.1. The van der Waals surface area contributed by atoms with Crippen LogP contribution in [0.15, 0.2) is 36.7 Å². The zero-order chi connectivity index (χ0) is 18.4. The van der Waals surface area contributed by atoms with Crippen molar-refractivity contribution in [2.45, 2.75) is 25.6 Å². The van der Waals surface area contributed by atoms with E-state index in [0.29, 0.717) is 16.4 Å². The Labute approximate surface area is 147 Å². The van der Waals surface area contributed by atoms with Gasteiger partial charge in [-0.25, -0.2) is 4.98 Å². The minimum absolute atomic E-state index is 0.00633. The Morgan fingerprint density at radius 1 is 1.24 bits per heavy atom. The van der Waals surface area contributed by atoms with Crippen LogP contribution < -0.4 is 10.1 Å². The molecule has 2 heterocycles. The fourth-order valence-corrected chi connectivity index (χ4v) is 2.07. The second-order valence-corrected chi connectivity index (χ2v) is 5.67. The zero-order valence-corrected chi connectivity index (χ0v) is 13.9. The quantitative estimate of drug-likeness (QED) is 0.787. The van der Waals surface area contributed by atoms with Crippen molar-refractivity contribution in [3.05, 3.63) is 53.1 Å². The van der Waals surface area contributed by atoms with Gasteiger partial charge < -0.3 is 10.1 Å². The van der Waals surface area contributed by atoms with E-state index in [9.17, 15) is 18.0 Å². The van der Waals surface area contributed by atoms with Gasteiger partial charge in [0.1, 0.15) is 10.9 Å². The molecule has 0 spiro atoms. The topological polar surface area (TPSA) is 64.1 Å². The number of pyridine rings is 2. The van der Waals surface area contributed by atoms with Gasteiger partial charge in [0.05, 0.1) is 24.4 Å². The first kappa shape index (κ1) is 19.0. The number of alkyl halides is 3. The number of aromatic nitrogens is 2. The van der Waals surface area contributed by atoms with E-state index in [-0.39, 0.29) is 18.1 Å². The van der Waals surface area contributed by atoms with Gasteiger partial charge in [0.2, 0.25) is 5.91 Å². The molecule has 0 aliphatic heterocycles. The Bertz CT molecular complexity index is 706. The molecule has 1 atom stereocenters. The first-order chi connectivity index (χ1) is 11.7. The second kappa shape index (κ2) is 8.15. The van der Waals surface area contributed by atoms with Crippen LogP contribution in [0.1, 0.15) is 24.2 Å². The molecule has 0 bridgehead atoms. The van der Waals surface area contributed by atoms with Crippen molar-refractivity contribution in [2.75, 3.05) is 6.61 Å². The number of amides is 1. The molecule has 0 unspecified atom stereocenters. The van der Waals surface area contributed by atoms with Crippen LogP contribution in [0.5, 0.6) is 5.75 Å². The number of nitrogens with one attached hydrogen (secondary N) is 1. The Kier molecular flexibility index (Phi) is 6.19. The van der Waals surface area contributed by atoms with Crippen LogP contribution in [0.25, 0.3) is 0 Å². The van der Waals surface area contributed by atoms with E-state index in [1.54, 1.807) is 19.1 Å². The van der Waals surface area contributed by atoms with Crippen LogP contribution in [0, 0.1) is 0 Å². The summed E-state index contributed by atoms with van der Waals surface area (Å²) in [5.74, 6) is -0.234. The average molecular weight is 374 g/mol. The molecule has 5 nitrogen and oxygen atoms in total.